The van der Waals surface area contributed by atoms with Crippen LogP contribution in [0.25, 0.3) is 11.3 Å². The number of nitrogens with two attached hydrogens (primary N) is 1. The summed E-state index contributed by atoms with van der Waals surface area (Å²) in [4.78, 5) is 20.2. The number of para-hydroxylation sites is 1. The Morgan fingerprint density at radius 2 is 1.84 bits per heavy atom. The monoisotopic (exact) mass is 529 g/mol. The Labute approximate surface area is 221 Å². The Hall–Kier alpha value is -4.11. The summed E-state index contributed by atoms with van der Waals surface area (Å²) in [5.41, 5.74) is 11.4. The second kappa shape index (κ2) is 9.98. The van der Waals surface area contributed by atoms with Gasteiger partial charge in [0.15, 0.2) is 17.3 Å². The minimum Gasteiger partial charge on any atom is -0.494 e. The van der Waals surface area contributed by atoms with Gasteiger partial charge in [0, 0.05) is 24.9 Å². The highest BCUT2D eigenvalue weighted by Crippen LogP contribution is 2.63. The number of rotatable bonds is 10. The molecule has 12 heteroatoms. The lowest BCUT2D eigenvalue weighted by Gasteiger charge is -2.16. The second-order valence-corrected chi connectivity index (χ2v) is 12.2. The van der Waals surface area contributed by atoms with Gasteiger partial charge in [-0.05, 0) is 69.2 Å². The number of aromatic nitrogens is 6. The van der Waals surface area contributed by atoms with Crippen LogP contribution in [0.3, 0.4) is 0 Å². The van der Waals surface area contributed by atoms with Crippen molar-refractivity contribution >= 4 is 42.3 Å². The van der Waals surface area contributed by atoms with Gasteiger partial charge in [-0.3, -0.25) is 9.48 Å². The maximum absolute atomic E-state index is 12.1. The molecular weight excluding hydrogens is 501 g/mol. The van der Waals surface area contributed by atoms with Gasteiger partial charge in [0.1, 0.15) is 12.1 Å². The van der Waals surface area contributed by atoms with E-state index in [1.165, 1.54) is 37.4 Å². The maximum Gasteiger partial charge on any atom is 0.271 e. The molecule has 11 nitrogen and oxygen atoms in total. The van der Waals surface area contributed by atoms with Crippen molar-refractivity contribution in [2.24, 2.45) is 12.8 Å². The van der Waals surface area contributed by atoms with E-state index in [-0.39, 0.29) is 13.6 Å². The van der Waals surface area contributed by atoms with E-state index in [1.54, 1.807) is 25.4 Å². The van der Waals surface area contributed by atoms with Gasteiger partial charge in [0.05, 0.1) is 29.6 Å². The van der Waals surface area contributed by atoms with Crippen molar-refractivity contribution in [1.29, 1.82) is 0 Å². The molecule has 0 atom stereocenters. The number of hydrogen-bond acceptors (Lipinski definition) is 9. The maximum atomic E-state index is 12.1. The molecule has 2 aliphatic carbocycles. The Bertz CT molecular complexity index is 1470. The van der Waals surface area contributed by atoms with Gasteiger partial charge in [0.25, 0.3) is 5.91 Å². The van der Waals surface area contributed by atoms with Crippen LogP contribution in [0, 0.1) is 0 Å². The highest BCUT2D eigenvalue weighted by atomic mass is 31.1. The lowest BCUT2D eigenvalue weighted by molar-refractivity contribution is 0.0995. The molecule has 0 unspecified atom stereocenters. The minimum atomic E-state index is -0.702. The van der Waals surface area contributed by atoms with Crippen LogP contribution in [0.15, 0.2) is 48.9 Å². The number of carbonyl (C=O) groups is 1. The third-order valence-corrected chi connectivity index (χ3v) is 10.2. The van der Waals surface area contributed by atoms with Crippen molar-refractivity contribution in [1.82, 2.24) is 29.9 Å². The number of carbonyl (C=O) groups excluding carboxylic acids is 1. The van der Waals surface area contributed by atoms with Crippen molar-refractivity contribution in [3.63, 3.8) is 0 Å². The summed E-state index contributed by atoms with van der Waals surface area (Å²) in [5, 5.41) is 19.3. The minimum absolute atomic E-state index is 0.00493. The SMILES string of the molecule is COc1c(Nc2cc(Nc3ccncn3)nnc2C(N)=O)cccc1-c1cc(P(C2CC2)C2CC2)n(C)n1. The van der Waals surface area contributed by atoms with Crippen LogP contribution in [-0.2, 0) is 7.05 Å². The van der Waals surface area contributed by atoms with Crippen LogP contribution >= 0.6 is 7.92 Å². The van der Waals surface area contributed by atoms with E-state index in [4.69, 9.17) is 15.6 Å². The number of nitrogens with zero attached hydrogens (tertiary/aromatic N) is 6. The van der Waals surface area contributed by atoms with E-state index in [1.807, 2.05) is 25.2 Å². The predicted octanol–water partition coefficient (Wildman–Crippen LogP) is 3.69. The third-order valence-electron chi connectivity index (χ3n) is 6.63. The van der Waals surface area contributed by atoms with Crippen LogP contribution in [0.4, 0.5) is 23.0 Å². The van der Waals surface area contributed by atoms with Crippen LogP contribution in [0.1, 0.15) is 36.2 Å². The number of methoxy groups -OCH3 is 1. The summed E-state index contributed by atoms with van der Waals surface area (Å²) in [7, 11) is 3.49. The second-order valence-electron chi connectivity index (χ2n) is 9.47. The van der Waals surface area contributed by atoms with E-state index in [0.717, 1.165) is 22.6 Å². The van der Waals surface area contributed by atoms with E-state index in [0.29, 0.717) is 28.8 Å². The van der Waals surface area contributed by atoms with Gasteiger partial charge >= 0.3 is 0 Å². The van der Waals surface area contributed by atoms with Crippen LogP contribution < -0.4 is 26.5 Å². The normalized spacial score (nSPS) is 14.9. The average Bonchev–Trinajstić information content (AvgIpc) is 3.85. The smallest absolute Gasteiger partial charge is 0.271 e. The summed E-state index contributed by atoms with van der Waals surface area (Å²) in [6, 6.07) is 11.4. The molecule has 4 N–H and O–H groups in total. The molecule has 3 heterocycles. The topological polar surface area (TPSA) is 146 Å². The van der Waals surface area contributed by atoms with Crippen molar-refractivity contribution in [3.8, 4) is 17.0 Å². The Morgan fingerprint density at radius 1 is 1.05 bits per heavy atom. The first kappa shape index (κ1) is 24.2. The van der Waals surface area contributed by atoms with Gasteiger partial charge < -0.3 is 21.1 Å². The van der Waals surface area contributed by atoms with Crippen LogP contribution in [0.2, 0.25) is 0 Å². The summed E-state index contributed by atoms with van der Waals surface area (Å²) in [5.74, 6) is 0.826. The molecule has 6 rings (SSSR count). The zero-order chi connectivity index (χ0) is 26.2. The highest BCUT2D eigenvalue weighted by molar-refractivity contribution is 7.67. The van der Waals surface area contributed by atoms with Gasteiger partial charge in [0.2, 0.25) is 0 Å². The number of anilines is 4. The lowest BCUT2D eigenvalue weighted by Crippen LogP contribution is -2.17. The first-order chi connectivity index (χ1) is 18.5. The zero-order valence-corrected chi connectivity index (χ0v) is 22.0. The summed E-state index contributed by atoms with van der Waals surface area (Å²) in [6.45, 7) is 0. The standard InChI is InChI=1S/C26H28N9O2P/c1-35-23(38(15-6-7-15)16-8-9-16)13-19(34-35)17-4-3-5-18(25(17)37-2)30-20-12-22(32-33-24(20)26(27)36)31-21-10-11-28-14-29-21/h3-5,10-16H,6-9H2,1-2H3,(H2,27,36)(H2,28,29,30,31,32). The van der Waals surface area contributed by atoms with Gasteiger partial charge in [-0.15, -0.1) is 10.2 Å². The fourth-order valence-electron chi connectivity index (χ4n) is 4.64. The van der Waals surface area contributed by atoms with Gasteiger partial charge in [-0.2, -0.15) is 5.10 Å². The molecular formula is C26H28N9O2P. The van der Waals surface area contributed by atoms with E-state index in [2.05, 4.69) is 41.5 Å². The number of primary amides is 1. The third kappa shape index (κ3) is 4.89. The number of ether oxygens (including phenoxy) is 1. The Kier molecular flexibility index (Phi) is 6.37. The molecule has 0 spiro atoms. The van der Waals surface area contributed by atoms with E-state index in [9.17, 15) is 4.79 Å². The molecule has 0 radical (unpaired) electrons. The van der Waals surface area contributed by atoms with E-state index >= 15 is 0 Å². The Morgan fingerprint density at radius 3 is 2.50 bits per heavy atom. The first-order valence-corrected chi connectivity index (χ1v) is 14.0. The highest BCUT2D eigenvalue weighted by Gasteiger charge is 2.43. The predicted molar refractivity (Wildman–Crippen MR) is 147 cm³/mol. The van der Waals surface area contributed by atoms with Crippen molar-refractivity contribution in [2.75, 3.05) is 17.7 Å². The quantitative estimate of drug-likeness (QED) is 0.262. The molecule has 0 saturated heterocycles. The van der Waals surface area contributed by atoms with Crippen LogP contribution in [0.5, 0.6) is 5.75 Å². The molecule has 38 heavy (non-hydrogen) atoms. The fourth-order valence-corrected chi connectivity index (χ4v) is 8.04. The largest absolute Gasteiger partial charge is 0.494 e. The number of benzene rings is 1. The van der Waals surface area contributed by atoms with Gasteiger partial charge in [-0.25, -0.2) is 9.97 Å². The molecule has 3 aromatic heterocycles. The summed E-state index contributed by atoms with van der Waals surface area (Å²) < 4.78 is 7.92. The molecule has 2 aliphatic rings. The molecule has 2 saturated carbocycles. The molecule has 4 aromatic rings. The Balaban J connectivity index is 1.34. The van der Waals surface area contributed by atoms with Crippen LogP contribution in [-0.4, -0.2) is 54.3 Å². The molecule has 1 aromatic carbocycles. The number of hydrogen-bond donors (Lipinski definition) is 3. The first-order valence-electron chi connectivity index (χ1n) is 12.5. The lowest BCUT2D eigenvalue weighted by atomic mass is 10.1. The summed E-state index contributed by atoms with van der Waals surface area (Å²) in [6.07, 6.45) is 8.37. The van der Waals surface area contributed by atoms with Crippen molar-refractivity contribution in [2.45, 2.75) is 37.0 Å². The molecule has 194 valence electrons. The summed E-state index contributed by atoms with van der Waals surface area (Å²) >= 11 is 0. The molecule has 2 fully saturated rings. The number of aryl methyl sites for hydroxylation is 1. The molecule has 0 bridgehead atoms. The zero-order valence-electron chi connectivity index (χ0n) is 21.1. The average molecular weight is 530 g/mol. The fraction of sp³-hybridized carbons (Fsp3) is 0.308. The number of nitrogens with one attached hydrogen (secondary N) is 2. The van der Waals surface area contributed by atoms with Gasteiger partial charge in [-0.1, -0.05) is 6.07 Å². The number of amides is 1. The van der Waals surface area contributed by atoms with Crippen molar-refractivity contribution < 1.29 is 9.53 Å². The van der Waals surface area contributed by atoms with E-state index < -0.39 is 5.91 Å². The van der Waals surface area contributed by atoms with Crippen molar-refractivity contribution in [3.05, 3.63) is 54.6 Å². The molecule has 1 amide bonds. The molecule has 0 aliphatic heterocycles.